The molecule has 1 aromatic carbocycles. The number of halogens is 1. The fraction of sp³-hybridized carbons (Fsp3) is 0.467. The SMILES string of the molecule is CCOC(=O)CCN(CC)C(=O)Cc1ccc(Br)cc1. The van der Waals surface area contributed by atoms with Crippen LogP contribution in [-0.2, 0) is 20.7 Å². The van der Waals surface area contributed by atoms with Crippen molar-refractivity contribution in [2.24, 2.45) is 0 Å². The van der Waals surface area contributed by atoms with E-state index in [4.69, 9.17) is 4.74 Å². The van der Waals surface area contributed by atoms with Crippen LogP contribution in [0.3, 0.4) is 0 Å². The van der Waals surface area contributed by atoms with E-state index in [0.717, 1.165) is 10.0 Å². The lowest BCUT2D eigenvalue weighted by molar-refractivity contribution is -0.144. The minimum absolute atomic E-state index is 0.0270. The third-order valence-corrected chi connectivity index (χ3v) is 3.42. The second-order valence-corrected chi connectivity index (χ2v) is 5.25. The highest BCUT2D eigenvalue weighted by Crippen LogP contribution is 2.11. The molecule has 0 unspecified atom stereocenters. The fourth-order valence-electron chi connectivity index (χ4n) is 1.81. The Morgan fingerprint density at radius 3 is 2.40 bits per heavy atom. The Morgan fingerprint density at radius 1 is 1.20 bits per heavy atom. The Balaban J connectivity index is 2.50. The summed E-state index contributed by atoms with van der Waals surface area (Å²) in [6.45, 7) is 5.05. The summed E-state index contributed by atoms with van der Waals surface area (Å²) in [4.78, 5) is 25.2. The van der Waals surface area contributed by atoms with E-state index in [-0.39, 0.29) is 18.3 Å². The van der Waals surface area contributed by atoms with Gasteiger partial charge in [0.2, 0.25) is 5.91 Å². The quantitative estimate of drug-likeness (QED) is 0.716. The molecule has 20 heavy (non-hydrogen) atoms. The van der Waals surface area contributed by atoms with Gasteiger partial charge in [0.25, 0.3) is 0 Å². The fourth-order valence-corrected chi connectivity index (χ4v) is 2.07. The van der Waals surface area contributed by atoms with E-state index in [1.807, 2.05) is 31.2 Å². The van der Waals surface area contributed by atoms with Gasteiger partial charge in [-0.15, -0.1) is 0 Å². The van der Waals surface area contributed by atoms with E-state index in [2.05, 4.69) is 15.9 Å². The average molecular weight is 342 g/mol. The van der Waals surface area contributed by atoms with Crippen LogP contribution in [0.1, 0.15) is 25.8 Å². The van der Waals surface area contributed by atoms with E-state index < -0.39 is 0 Å². The smallest absolute Gasteiger partial charge is 0.307 e. The molecule has 0 aromatic heterocycles. The summed E-state index contributed by atoms with van der Waals surface area (Å²) in [6, 6.07) is 7.66. The van der Waals surface area contributed by atoms with E-state index in [0.29, 0.717) is 26.1 Å². The van der Waals surface area contributed by atoms with E-state index >= 15 is 0 Å². The van der Waals surface area contributed by atoms with Crippen molar-refractivity contribution in [2.45, 2.75) is 26.7 Å². The summed E-state index contributed by atoms with van der Waals surface area (Å²) in [7, 11) is 0. The zero-order chi connectivity index (χ0) is 15.0. The number of carbonyl (C=O) groups excluding carboxylic acids is 2. The number of hydrogen-bond donors (Lipinski definition) is 0. The Kier molecular flexibility index (Phi) is 7.30. The normalized spacial score (nSPS) is 10.2. The van der Waals surface area contributed by atoms with Crippen LogP contribution in [0.2, 0.25) is 0 Å². The van der Waals surface area contributed by atoms with Crippen LogP contribution in [0.15, 0.2) is 28.7 Å². The molecule has 0 fully saturated rings. The molecule has 0 atom stereocenters. The molecule has 0 heterocycles. The molecule has 0 aliphatic carbocycles. The third-order valence-electron chi connectivity index (χ3n) is 2.89. The van der Waals surface area contributed by atoms with Crippen LogP contribution in [0.4, 0.5) is 0 Å². The minimum atomic E-state index is -0.262. The van der Waals surface area contributed by atoms with Crippen LogP contribution in [0.5, 0.6) is 0 Å². The molecular weight excluding hydrogens is 322 g/mol. The van der Waals surface area contributed by atoms with Gasteiger partial charge >= 0.3 is 5.97 Å². The first-order valence-corrected chi connectivity index (χ1v) is 7.54. The molecule has 5 heteroatoms. The lowest BCUT2D eigenvalue weighted by atomic mass is 10.1. The molecule has 0 saturated carbocycles. The third kappa shape index (κ3) is 5.74. The van der Waals surface area contributed by atoms with Gasteiger partial charge in [-0.1, -0.05) is 28.1 Å². The topological polar surface area (TPSA) is 46.6 Å². The predicted octanol–water partition coefficient (Wildman–Crippen LogP) is 2.79. The highest BCUT2D eigenvalue weighted by Gasteiger charge is 2.14. The van der Waals surface area contributed by atoms with Gasteiger partial charge in [0.1, 0.15) is 0 Å². The minimum Gasteiger partial charge on any atom is -0.466 e. The predicted molar refractivity (Wildman–Crippen MR) is 81.4 cm³/mol. The highest BCUT2D eigenvalue weighted by atomic mass is 79.9. The molecule has 1 rings (SSSR count). The Hall–Kier alpha value is -1.36. The number of nitrogens with zero attached hydrogens (tertiary/aromatic N) is 1. The van der Waals surface area contributed by atoms with Crippen LogP contribution in [0, 0.1) is 0 Å². The van der Waals surface area contributed by atoms with Gasteiger partial charge < -0.3 is 9.64 Å². The molecule has 0 saturated heterocycles. The largest absolute Gasteiger partial charge is 0.466 e. The molecular formula is C15H20BrNO3. The lowest BCUT2D eigenvalue weighted by Crippen LogP contribution is -2.34. The van der Waals surface area contributed by atoms with Gasteiger partial charge in [-0.3, -0.25) is 9.59 Å². The monoisotopic (exact) mass is 341 g/mol. The van der Waals surface area contributed by atoms with Gasteiger partial charge in [0.15, 0.2) is 0 Å². The van der Waals surface area contributed by atoms with Crippen LogP contribution in [-0.4, -0.2) is 36.5 Å². The van der Waals surface area contributed by atoms with Gasteiger partial charge in [-0.2, -0.15) is 0 Å². The molecule has 110 valence electrons. The standard InChI is InChI=1S/C15H20BrNO3/c1-3-17(10-9-15(19)20-4-2)14(18)11-12-5-7-13(16)8-6-12/h5-8H,3-4,9-11H2,1-2H3. The van der Waals surface area contributed by atoms with Crippen molar-refractivity contribution in [3.05, 3.63) is 34.3 Å². The molecule has 0 aliphatic rings. The number of benzene rings is 1. The van der Waals surface area contributed by atoms with Gasteiger partial charge in [-0.25, -0.2) is 0 Å². The van der Waals surface area contributed by atoms with Crippen molar-refractivity contribution < 1.29 is 14.3 Å². The summed E-state index contributed by atoms with van der Waals surface area (Å²) >= 11 is 3.36. The van der Waals surface area contributed by atoms with E-state index in [1.165, 1.54) is 0 Å². The molecule has 0 radical (unpaired) electrons. The number of amides is 1. The molecule has 0 spiro atoms. The van der Waals surface area contributed by atoms with Crippen molar-refractivity contribution in [1.29, 1.82) is 0 Å². The zero-order valence-corrected chi connectivity index (χ0v) is 13.5. The molecule has 1 aromatic rings. The summed E-state index contributed by atoms with van der Waals surface area (Å²) in [5.74, 6) is -0.235. The van der Waals surface area contributed by atoms with Gasteiger partial charge in [-0.05, 0) is 31.5 Å². The van der Waals surface area contributed by atoms with Gasteiger partial charge in [0.05, 0.1) is 19.4 Å². The molecule has 1 amide bonds. The second-order valence-electron chi connectivity index (χ2n) is 4.33. The van der Waals surface area contributed by atoms with Gasteiger partial charge in [0, 0.05) is 17.6 Å². The number of rotatable bonds is 7. The molecule has 0 N–H and O–H groups in total. The van der Waals surface area contributed by atoms with Crippen molar-refractivity contribution >= 4 is 27.8 Å². The molecule has 0 bridgehead atoms. The Bertz CT molecular complexity index is 445. The van der Waals surface area contributed by atoms with Crippen molar-refractivity contribution in [3.8, 4) is 0 Å². The number of likely N-dealkylation sites (N-methyl/N-ethyl adjacent to an activating group) is 1. The number of ether oxygens (including phenoxy) is 1. The first kappa shape index (κ1) is 16.7. The summed E-state index contributed by atoms with van der Waals surface area (Å²) in [5, 5.41) is 0. The average Bonchev–Trinajstić information content (AvgIpc) is 2.42. The maximum absolute atomic E-state index is 12.2. The number of hydrogen-bond acceptors (Lipinski definition) is 3. The maximum Gasteiger partial charge on any atom is 0.307 e. The molecule has 4 nitrogen and oxygen atoms in total. The van der Waals surface area contributed by atoms with Crippen LogP contribution >= 0.6 is 15.9 Å². The highest BCUT2D eigenvalue weighted by molar-refractivity contribution is 9.10. The summed E-state index contributed by atoms with van der Waals surface area (Å²) in [5.41, 5.74) is 0.966. The lowest BCUT2D eigenvalue weighted by Gasteiger charge is -2.20. The molecule has 0 aliphatic heterocycles. The number of carbonyl (C=O) groups is 2. The first-order valence-electron chi connectivity index (χ1n) is 6.74. The van der Waals surface area contributed by atoms with Crippen molar-refractivity contribution in [3.63, 3.8) is 0 Å². The summed E-state index contributed by atoms with van der Waals surface area (Å²) < 4.78 is 5.86. The van der Waals surface area contributed by atoms with Crippen molar-refractivity contribution in [1.82, 2.24) is 4.90 Å². The van der Waals surface area contributed by atoms with E-state index in [9.17, 15) is 9.59 Å². The van der Waals surface area contributed by atoms with Crippen LogP contribution in [0.25, 0.3) is 0 Å². The van der Waals surface area contributed by atoms with E-state index in [1.54, 1.807) is 11.8 Å². The second kappa shape index (κ2) is 8.74. The van der Waals surface area contributed by atoms with Crippen LogP contribution < -0.4 is 0 Å². The Labute approximate surface area is 128 Å². The van der Waals surface area contributed by atoms with Crippen molar-refractivity contribution in [2.75, 3.05) is 19.7 Å². The zero-order valence-electron chi connectivity index (χ0n) is 11.9. The number of esters is 1. The first-order chi connectivity index (χ1) is 9.56. The Morgan fingerprint density at radius 2 is 1.85 bits per heavy atom. The summed E-state index contributed by atoms with van der Waals surface area (Å²) in [6.07, 6.45) is 0.595. The maximum atomic E-state index is 12.2.